The highest BCUT2D eigenvalue weighted by atomic mass is 16.1. The van der Waals surface area contributed by atoms with Crippen molar-refractivity contribution in [1.29, 1.82) is 0 Å². The first kappa shape index (κ1) is 11.7. The van der Waals surface area contributed by atoms with E-state index in [1.807, 2.05) is 6.07 Å². The first-order valence-corrected chi connectivity index (χ1v) is 5.11. The standard InChI is InChI=1S/C11H17N3O/c1-3-8(2)13-6-9-4-5-10(11(12)15)14-7-9/h4-5,7-8,13H,3,6H2,1-2H3,(H2,12,15). The van der Waals surface area contributed by atoms with Crippen LogP contribution in [-0.4, -0.2) is 16.9 Å². The van der Waals surface area contributed by atoms with Crippen LogP contribution in [-0.2, 0) is 6.54 Å². The lowest BCUT2D eigenvalue weighted by Crippen LogP contribution is -2.24. The molecule has 0 radical (unpaired) electrons. The molecule has 0 aromatic carbocycles. The Labute approximate surface area is 89.9 Å². The summed E-state index contributed by atoms with van der Waals surface area (Å²) in [7, 11) is 0. The van der Waals surface area contributed by atoms with Gasteiger partial charge < -0.3 is 11.1 Å². The minimum absolute atomic E-state index is 0.308. The molecule has 0 aliphatic rings. The van der Waals surface area contributed by atoms with E-state index in [4.69, 9.17) is 5.73 Å². The van der Waals surface area contributed by atoms with Crippen LogP contribution >= 0.6 is 0 Å². The Balaban J connectivity index is 2.53. The zero-order valence-electron chi connectivity index (χ0n) is 9.16. The molecule has 0 saturated heterocycles. The summed E-state index contributed by atoms with van der Waals surface area (Å²) in [5.74, 6) is -0.489. The topological polar surface area (TPSA) is 68.0 Å². The molecule has 4 nitrogen and oxygen atoms in total. The number of rotatable bonds is 5. The van der Waals surface area contributed by atoms with Crippen LogP contribution in [0.4, 0.5) is 0 Å². The molecule has 0 spiro atoms. The summed E-state index contributed by atoms with van der Waals surface area (Å²) < 4.78 is 0. The minimum atomic E-state index is -0.489. The number of aromatic nitrogens is 1. The number of hydrogen-bond acceptors (Lipinski definition) is 3. The van der Waals surface area contributed by atoms with Crippen molar-refractivity contribution >= 4 is 5.91 Å². The zero-order chi connectivity index (χ0) is 11.3. The molecule has 0 saturated carbocycles. The van der Waals surface area contributed by atoms with E-state index >= 15 is 0 Å². The van der Waals surface area contributed by atoms with Crippen LogP contribution < -0.4 is 11.1 Å². The summed E-state index contributed by atoms with van der Waals surface area (Å²) in [4.78, 5) is 14.7. The highest BCUT2D eigenvalue weighted by Crippen LogP contribution is 2.00. The van der Waals surface area contributed by atoms with Gasteiger partial charge in [-0.05, 0) is 25.0 Å². The van der Waals surface area contributed by atoms with Crippen molar-refractivity contribution in [2.24, 2.45) is 5.73 Å². The summed E-state index contributed by atoms with van der Waals surface area (Å²) in [5.41, 5.74) is 6.45. The van der Waals surface area contributed by atoms with E-state index in [9.17, 15) is 4.79 Å². The maximum atomic E-state index is 10.8. The first-order chi connectivity index (χ1) is 7.13. The van der Waals surface area contributed by atoms with Crippen molar-refractivity contribution in [3.8, 4) is 0 Å². The molecule has 1 atom stereocenters. The summed E-state index contributed by atoms with van der Waals surface area (Å²) in [6.45, 7) is 5.03. The van der Waals surface area contributed by atoms with Crippen LogP contribution in [0.5, 0.6) is 0 Å². The maximum absolute atomic E-state index is 10.8. The van der Waals surface area contributed by atoms with Gasteiger partial charge in [0.2, 0.25) is 0 Å². The number of carbonyl (C=O) groups is 1. The van der Waals surface area contributed by atoms with E-state index in [1.165, 1.54) is 0 Å². The molecule has 1 rings (SSSR count). The van der Waals surface area contributed by atoms with E-state index < -0.39 is 5.91 Å². The molecule has 15 heavy (non-hydrogen) atoms. The van der Waals surface area contributed by atoms with Crippen LogP contribution in [0.15, 0.2) is 18.3 Å². The number of carbonyl (C=O) groups excluding carboxylic acids is 1. The van der Waals surface area contributed by atoms with Gasteiger partial charge in [0.15, 0.2) is 0 Å². The van der Waals surface area contributed by atoms with Gasteiger partial charge in [0.05, 0.1) is 0 Å². The second-order valence-electron chi connectivity index (χ2n) is 3.61. The number of nitrogens with one attached hydrogen (secondary N) is 1. The van der Waals surface area contributed by atoms with Gasteiger partial charge in [0.25, 0.3) is 5.91 Å². The van der Waals surface area contributed by atoms with Gasteiger partial charge in [0.1, 0.15) is 5.69 Å². The Morgan fingerprint density at radius 1 is 1.60 bits per heavy atom. The molecule has 0 bridgehead atoms. The fourth-order valence-corrected chi connectivity index (χ4v) is 1.11. The molecule has 82 valence electrons. The molecule has 1 amide bonds. The summed E-state index contributed by atoms with van der Waals surface area (Å²) in [6, 6.07) is 4.00. The van der Waals surface area contributed by atoms with Gasteiger partial charge in [-0.2, -0.15) is 0 Å². The zero-order valence-corrected chi connectivity index (χ0v) is 9.16. The molecule has 0 aliphatic carbocycles. The number of primary amides is 1. The average molecular weight is 207 g/mol. The van der Waals surface area contributed by atoms with Gasteiger partial charge in [-0.25, -0.2) is 0 Å². The smallest absolute Gasteiger partial charge is 0.267 e. The predicted molar refractivity (Wildman–Crippen MR) is 59.3 cm³/mol. The fourth-order valence-electron chi connectivity index (χ4n) is 1.11. The van der Waals surface area contributed by atoms with Gasteiger partial charge in [-0.1, -0.05) is 13.0 Å². The van der Waals surface area contributed by atoms with Crippen molar-refractivity contribution in [2.75, 3.05) is 0 Å². The average Bonchev–Trinajstić information content (AvgIpc) is 2.26. The normalized spacial score (nSPS) is 12.4. The molecule has 4 heteroatoms. The molecule has 0 aliphatic heterocycles. The molecule has 1 unspecified atom stereocenters. The number of hydrogen-bond donors (Lipinski definition) is 2. The molecular formula is C11H17N3O. The summed E-state index contributed by atoms with van der Waals surface area (Å²) in [5, 5.41) is 3.34. The first-order valence-electron chi connectivity index (χ1n) is 5.11. The molecule has 0 fully saturated rings. The Morgan fingerprint density at radius 3 is 2.80 bits per heavy atom. The van der Waals surface area contributed by atoms with E-state index in [2.05, 4.69) is 24.1 Å². The molecular weight excluding hydrogens is 190 g/mol. The highest BCUT2D eigenvalue weighted by molar-refractivity contribution is 5.90. The Hall–Kier alpha value is -1.42. The van der Waals surface area contributed by atoms with Crippen molar-refractivity contribution in [2.45, 2.75) is 32.9 Å². The quantitative estimate of drug-likeness (QED) is 0.758. The third-order valence-corrected chi connectivity index (χ3v) is 2.34. The van der Waals surface area contributed by atoms with Gasteiger partial charge in [0, 0.05) is 18.8 Å². The number of pyridine rings is 1. The van der Waals surface area contributed by atoms with E-state index in [0.29, 0.717) is 11.7 Å². The van der Waals surface area contributed by atoms with Gasteiger partial charge >= 0.3 is 0 Å². The highest BCUT2D eigenvalue weighted by Gasteiger charge is 2.02. The molecule has 1 heterocycles. The lowest BCUT2D eigenvalue weighted by Gasteiger charge is -2.10. The van der Waals surface area contributed by atoms with Crippen molar-refractivity contribution < 1.29 is 4.79 Å². The monoisotopic (exact) mass is 207 g/mol. The fraction of sp³-hybridized carbons (Fsp3) is 0.455. The molecule has 1 aromatic rings. The summed E-state index contributed by atoms with van der Waals surface area (Å²) >= 11 is 0. The van der Waals surface area contributed by atoms with Crippen LogP contribution in [0.3, 0.4) is 0 Å². The van der Waals surface area contributed by atoms with Crippen molar-refractivity contribution in [3.05, 3.63) is 29.6 Å². The Bertz CT molecular complexity index is 321. The maximum Gasteiger partial charge on any atom is 0.267 e. The number of nitrogens with zero attached hydrogens (tertiary/aromatic N) is 1. The van der Waals surface area contributed by atoms with Crippen LogP contribution in [0.25, 0.3) is 0 Å². The van der Waals surface area contributed by atoms with Crippen LogP contribution in [0.1, 0.15) is 36.3 Å². The Kier molecular flexibility index (Phi) is 4.24. The largest absolute Gasteiger partial charge is 0.364 e. The Morgan fingerprint density at radius 2 is 2.33 bits per heavy atom. The van der Waals surface area contributed by atoms with E-state index in [1.54, 1.807) is 12.3 Å². The minimum Gasteiger partial charge on any atom is -0.364 e. The number of amides is 1. The third-order valence-electron chi connectivity index (χ3n) is 2.34. The van der Waals surface area contributed by atoms with Crippen LogP contribution in [0.2, 0.25) is 0 Å². The number of nitrogens with two attached hydrogens (primary N) is 1. The second kappa shape index (κ2) is 5.46. The third kappa shape index (κ3) is 3.67. The lowest BCUT2D eigenvalue weighted by atomic mass is 10.2. The summed E-state index contributed by atoms with van der Waals surface area (Å²) in [6.07, 6.45) is 2.77. The van der Waals surface area contributed by atoms with Crippen LogP contribution in [0, 0.1) is 0 Å². The van der Waals surface area contributed by atoms with Gasteiger partial charge in [-0.3, -0.25) is 9.78 Å². The van der Waals surface area contributed by atoms with Crippen molar-refractivity contribution in [3.63, 3.8) is 0 Å². The van der Waals surface area contributed by atoms with Gasteiger partial charge in [-0.15, -0.1) is 0 Å². The molecule has 1 aromatic heterocycles. The van der Waals surface area contributed by atoms with E-state index in [-0.39, 0.29) is 0 Å². The molecule has 3 N–H and O–H groups in total. The van der Waals surface area contributed by atoms with E-state index in [0.717, 1.165) is 18.5 Å². The SMILES string of the molecule is CCC(C)NCc1ccc(C(N)=O)nc1. The second-order valence-corrected chi connectivity index (χ2v) is 3.61. The lowest BCUT2D eigenvalue weighted by molar-refractivity contribution is 0.0995. The van der Waals surface area contributed by atoms with Crippen molar-refractivity contribution in [1.82, 2.24) is 10.3 Å². The predicted octanol–water partition coefficient (Wildman–Crippen LogP) is 1.07.